The largest absolute Gasteiger partial charge is 0.501 e. The van der Waals surface area contributed by atoms with Crippen LogP contribution in [0.25, 0.3) is 5.69 Å². The summed E-state index contributed by atoms with van der Waals surface area (Å²) < 4.78 is 72.9. The highest BCUT2D eigenvalue weighted by Gasteiger charge is 2.46. The van der Waals surface area contributed by atoms with Crippen molar-refractivity contribution in [3.63, 3.8) is 0 Å². The molecule has 0 saturated carbocycles. The Bertz CT molecular complexity index is 1450. The van der Waals surface area contributed by atoms with E-state index in [1.807, 2.05) is 4.98 Å². The van der Waals surface area contributed by atoms with E-state index in [-0.39, 0.29) is 22.9 Å². The van der Waals surface area contributed by atoms with Crippen LogP contribution < -0.4 is 26.5 Å². The summed E-state index contributed by atoms with van der Waals surface area (Å²) in [6, 6.07) is 7.40. The van der Waals surface area contributed by atoms with Crippen LogP contribution in [0.2, 0.25) is 0 Å². The molecule has 14 heteroatoms. The second-order valence-corrected chi connectivity index (χ2v) is 8.21. The van der Waals surface area contributed by atoms with E-state index in [4.69, 9.17) is 9.47 Å². The third-order valence-electron chi connectivity index (χ3n) is 4.27. The number of hydrogen-bond donors (Lipinski definition) is 1. The predicted octanol–water partition coefficient (Wildman–Crippen LogP) is 1.32. The SMILES string of the molecule is COc1cc(-n2c(=O)[nH]c(=O)n(C)c2=O)ccc1Oc1ccc(S(=O)(=O)C(F)(F)F)cc1. The number of alkyl halides is 3. The number of nitrogens with zero attached hydrogens (tertiary/aromatic N) is 2. The van der Waals surface area contributed by atoms with Crippen LogP contribution in [-0.2, 0) is 16.9 Å². The first kappa shape index (κ1) is 22.9. The number of aromatic amines is 1. The first-order valence-electron chi connectivity index (χ1n) is 8.57. The lowest BCUT2D eigenvalue weighted by molar-refractivity contribution is -0.0436. The van der Waals surface area contributed by atoms with Crippen molar-refractivity contribution in [1.29, 1.82) is 0 Å². The maximum atomic E-state index is 12.6. The van der Waals surface area contributed by atoms with Gasteiger partial charge in [-0.3, -0.25) is 4.98 Å². The number of aromatic nitrogens is 3. The highest BCUT2D eigenvalue weighted by atomic mass is 32.2. The molecule has 0 spiro atoms. The molecule has 0 bridgehead atoms. The van der Waals surface area contributed by atoms with Crippen molar-refractivity contribution in [3.05, 3.63) is 73.9 Å². The minimum atomic E-state index is -5.50. The van der Waals surface area contributed by atoms with Gasteiger partial charge >= 0.3 is 22.6 Å². The Labute approximate surface area is 177 Å². The normalized spacial score (nSPS) is 11.9. The molecule has 1 N–H and O–H groups in total. The molecule has 1 heterocycles. The number of benzene rings is 2. The summed E-state index contributed by atoms with van der Waals surface area (Å²) in [6.45, 7) is 0. The third-order valence-corrected chi connectivity index (χ3v) is 5.77. The molecule has 0 atom stereocenters. The van der Waals surface area contributed by atoms with Crippen molar-refractivity contribution in [2.45, 2.75) is 10.4 Å². The average Bonchev–Trinajstić information content (AvgIpc) is 2.72. The zero-order valence-electron chi connectivity index (χ0n) is 16.3. The molecule has 3 aromatic rings. The molecule has 0 radical (unpaired) electrons. The maximum absolute atomic E-state index is 12.6. The zero-order valence-corrected chi connectivity index (χ0v) is 17.2. The van der Waals surface area contributed by atoms with Gasteiger partial charge in [-0.15, -0.1) is 0 Å². The summed E-state index contributed by atoms with van der Waals surface area (Å²) in [7, 11) is -3.06. The summed E-state index contributed by atoms with van der Waals surface area (Å²) in [5.41, 5.74) is -8.17. The molecule has 0 fully saturated rings. The number of sulfone groups is 1. The molecule has 2 aromatic carbocycles. The Morgan fingerprint density at radius 3 is 2.12 bits per heavy atom. The Balaban J connectivity index is 1.97. The smallest absolute Gasteiger partial charge is 0.493 e. The van der Waals surface area contributed by atoms with Crippen LogP contribution in [0.5, 0.6) is 17.2 Å². The number of hydrogen-bond acceptors (Lipinski definition) is 7. The number of halogens is 3. The van der Waals surface area contributed by atoms with Crippen molar-refractivity contribution in [2.75, 3.05) is 7.11 Å². The van der Waals surface area contributed by atoms with Gasteiger partial charge in [0.25, 0.3) is 9.84 Å². The van der Waals surface area contributed by atoms with Crippen molar-refractivity contribution < 1.29 is 31.1 Å². The number of nitrogens with one attached hydrogen (secondary N) is 1. The Morgan fingerprint density at radius 2 is 1.56 bits per heavy atom. The molecule has 0 aliphatic carbocycles. The summed E-state index contributed by atoms with van der Waals surface area (Å²) in [5, 5.41) is 0. The van der Waals surface area contributed by atoms with Crippen LogP contribution in [-0.4, -0.2) is 35.2 Å². The zero-order chi connectivity index (χ0) is 23.8. The monoisotopic (exact) mass is 473 g/mol. The van der Waals surface area contributed by atoms with E-state index in [9.17, 15) is 36.0 Å². The van der Waals surface area contributed by atoms with E-state index >= 15 is 0 Å². The molecule has 170 valence electrons. The number of H-pyrrole nitrogens is 1. The fourth-order valence-corrected chi connectivity index (χ4v) is 3.37. The standard InChI is InChI=1S/C18H14F3N3O7S/c1-23-15(25)22-16(26)24(17(23)27)10-3-8-13(14(9-10)30-2)31-11-4-6-12(7-5-11)32(28,29)18(19,20)21/h3-9H,1-2H3,(H,22,25,26). The molecule has 0 aliphatic rings. The molecule has 3 rings (SSSR count). The average molecular weight is 473 g/mol. The van der Waals surface area contributed by atoms with Crippen LogP contribution in [0.4, 0.5) is 13.2 Å². The van der Waals surface area contributed by atoms with Gasteiger partial charge in [-0.25, -0.2) is 31.9 Å². The molecule has 1 aromatic heterocycles. The predicted molar refractivity (Wildman–Crippen MR) is 104 cm³/mol. The van der Waals surface area contributed by atoms with Gasteiger partial charge in [-0.2, -0.15) is 13.2 Å². The van der Waals surface area contributed by atoms with E-state index in [1.54, 1.807) is 0 Å². The van der Waals surface area contributed by atoms with Crippen molar-refractivity contribution in [2.24, 2.45) is 7.05 Å². The number of rotatable bonds is 5. The maximum Gasteiger partial charge on any atom is 0.501 e. The minimum absolute atomic E-state index is 0.00528. The Hall–Kier alpha value is -3.81. The quantitative estimate of drug-likeness (QED) is 0.592. The number of methoxy groups -OCH3 is 1. The topological polar surface area (TPSA) is 129 Å². The lowest BCUT2D eigenvalue weighted by Gasteiger charge is -2.13. The van der Waals surface area contributed by atoms with Gasteiger partial charge in [-0.1, -0.05) is 0 Å². The molecule has 0 unspecified atom stereocenters. The van der Waals surface area contributed by atoms with E-state index in [1.165, 1.54) is 32.4 Å². The molecule has 32 heavy (non-hydrogen) atoms. The highest BCUT2D eigenvalue weighted by molar-refractivity contribution is 7.92. The molecule has 0 aliphatic heterocycles. The van der Waals surface area contributed by atoms with Crippen LogP contribution in [0.15, 0.2) is 61.7 Å². The number of ether oxygens (including phenoxy) is 2. The van der Waals surface area contributed by atoms with Gasteiger partial charge < -0.3 is 9.47 Å². The second-order valence-electron chi connectivity index (χ2n) is 6.27. The van der Waals surface area contributed by atoms with Crippen LogP contribution in [0.1, 0.15) is 0 Å². The van der Waals surface area contributed by atoms with Crippen LogP contribution >= 0.6 is 0 Å². The van der Waals surface area contributed by atoms with E-state index in [2.05, 4.69) is 0 Å². The summed E-state index contributed by atoms with van der Waals surface area (Å²) in [6.07, 6.45) is 0. The van der Waals surface area contributed by atoms with Crippen molar-refractivity contribution in [3.8, 4) is 22.9 Å². The molecular weight excluding hydrogens is 459 g/mol. The minimum Gasteiger partial charge on any atom is -0.493 e. The lowest BCUT2D eigenvalue weighted by Crippen LogP contribution is -2.47. The first-order valence-corrected chi connectivity index (χ1v) is 10.0. The molecule has 0 saturated heterocycles. The van der Waals surface area contributed by atoms with Crippen molar-refractivity contribution >= 4 is 9.84 Å². The Kier molecular flexibility index (Phi) is 5.74. The van der Waals surface area contributed by atoms with Crippen LogP contribution in [0.3, 0.4) is 0 Å². The summed E-state index contributed by atoms with van der Waals surface area (Å²) >= 11 is 0. The van der Waals surface area contributed by atoms with Gasteiger partial charge in [0.2, 0.25) is 0 Å². The summed E-state index contributed by atoms with van der Waals surface area (Å²) in [5.74, 6) is 0.0842. The van der Waals surface area contributed by atoms with Gasteiger partial charge in [0.05, 0.1) is 17.7 Å². The van der Waals surface area contributed by atoms with Crippen LogP contribution in [0, 0.1) is 0 Å². The van der Waals surface area contributed by atoms with E-state index in [0.717, 1.165) is 24.3 Å². The fraction of sp³-hybridized carbons (Fsp3) is 0.167. The lowest BCUT2D eigenvalue weighted by atomic mass is 10.2. The Morgan fingerprint density at radius 1 is 0.938 bits per heavy atom. The van der Waals surface area contributed by atoms with Crippen molar-refractivity contribution in [1.82, 2.24) is 14.1 Å². The van der Waals surface area contributed by atoms with Gasteiger partial charge in [0.15, 0.2) is 11.5 Å². The van der Waals surface area contributed by atoms with E-state index < -0.39 is 37.3 Å². The molecule has 10 nitrogen and oxygen atoms in total. The van der Waals surface area contributed by atoms with E-state index in [0.29, 0.717) is 9.13 Å². The second kappa shape index (κ2) is 8.03. The van der Waals surface area contributed by atoms with Gasteiger partial charge in [0.1, 0.15) is 5.75 Å². The molecular formula is C18H14F3N3O7S. The summed E-state index contributed by atoms with van der Waals surface area (Å²) in [4.78, 5) is 36.9. The highest BCUT2D eigenvalue weighted by Crippen LogP contribution is 2.35. The van der Waals surface area contributed by atoms with Gasteiger partial charge in [0, 0.05) is 13.1 Å². The van der Waals surface area contributed by atoms with Gasteiger partial charge in [-0.05, 0) is 36.4 Å². The third kappa shape index (κ3) is 4.03. The molecule has 0 amide bonds. The first-order chi connectivity index (χ1) is 14.9. The fourth-order valence-electron chi connectivity index (χ4n) is 2.61.